The van der Waals surface area contributed by atoms with Gasteiger partial charge >= 0.3 is 0 Å². The third-order valence-corrected chi connectivity index (χ3v) is 4.60. The summed E-state index contributed by atoms with van der Waals surface area (Å²) >= 11 is 0. The van der Waals surface area contributed by atoms with Crippen LogP contribution < -0.4 is 5.32 Å². The molecule has 0 saturated carbocycles. The van der Waals surface area contributed by atoms with E-state index in [9.17, 15) is 17.6 Å². The van der Waals surface area contributed by atoms with E-state index in [0.717, 1.165) is 28.6 Å². The first-order chi connectivity index (χ1) is 10.3. The van der Waals surface area contributed by atoms with E-state index >= 15 is 0 Å². The van der Waals surface area contributed by atoms with Crippen molar-refractivity contribution < 1.29 is 22.1 Å². The topological polar surface area (TPSA) is 92.5 Å². The maximum atomic E-state index is 12.8. The average Bonchev–Trinajstić information content (AvgIpc) is 2.84. The summed E-state index contributed by atoms with van der Waals surface area (Å²) in [6.45, 7) is 1.25. The number of rotatable bonds is 5. The lowest BCUT2D eigenvalue weighted by molar-refractivity contribution is -0.116. The van der Waals surface area contributed by atoms with Gasteiger partial charge in [-0.25, -0.2) is 12.8 Å². The number of aryl methyl sites for hydroxylation is 1. The first-order valence-corrected chi connectivity index (χ1v) is 7.68. The second-order valence-electron chi connectivity index (χ2n) is 4.59. The van der Waals surface area contributed by atoms with Crippen molar-refractivity contribution >= 4 is 21.7 Å². The number of anilines is 1. The van der Waals surface area contributed by atoms with Crippen molar-refractivity contribution in [1.82, 2.24) is 9.46 Å². The predicted molar refractivity (Wildman–Crippen MR) is 76.1 cm³/mol. The Morgan fingerprint density at radius 3 is 2.55 bits per heavy atom. The van der Waals surface area contributed by atoms with Gasteiger partial charge in [-0.05, 0) is 31.2 Å². The summed E-state index contributed by atoms with van der Waals surface area (Å²) in [7, 11) is -2.62. The van der Waals surface area contributed by atoms with Crippen LogP contribution in [0.3, 0.4) is 0 Å². The predicted octanol–water partition coefficient (Wildman–Crippen LogP) is 1.38. The lowest BCUT2D eigenvalue weighted by atomic mass is 10.4. The highest BCUT2D eigenvalue weighted by molar-refractivity contribution is 7.89. The van der Waals surface area contributed by atoms with Crippen molar-refractivity contribution in [3.05, 3.63) is 41.9 Å². The third kappa shape index (κ3) is 3.68. The summed E-state index contributed by atoms with van der Waals surface area (Å²) < 4.78 is 42.9. The van der Waals surface area contributed by atoms with Gasteiger partial charge in [-0.1, -0.05) is 5.16 Å². The monoisotopic (exact) mass is 327 g/mol. The van der Waals surface area contributed by atoms with Gasteiger partial charge in [0.1, 0.15) is 11.6 Å². The maximum absolute atomic E-state index is 12.8. The van der Waals surface area contributed by atoms with Gasteiger partial charge in [0.05, 0.1) is 11.4 Å². The molecule has 1 aromatic carbocycles. The molecule has 0 fully saturated rings. The molecule has 7 nitrogen and oxygen atoms in total. The lowest BCUT2D eigenvalue weighted by Gasteiger charge is -2.16. The van der Waals surface area contributed by atoms with Crippen LogP contribution in [0.15, 0.2) is 39.8 Å². The number of carbonyl (C=O) groups is 1. The molecule has 118 valence electrons. The van der Waals surface area contributed by atoms with E-state index in [1.807, 2.05) is 0 Å². The molecular formula is C13H14FN3O4S. The first kappa shape index (κ1) is 16.1. The molecule has 0 bridgehead atoms. The Labute approximate surface area is 126 Å². The Bertz CT molecular complexity index is 771. The van der Waals surface area contributed by atoms with Crippen LogP contribution in [0.25, 0.3) is 0 Å². The molecule has 0 spiro atoms. The van der Waals surface area contributed by atoms with Crippen molar-refractivity contribution in [2.24, 2.45) is 0 Å². The molecule has 9 heteroatoms. The normalized spacial score (nSPS) is 11.6. The minimum absolute atomic E-state index is 0.0959. The second kappa shape index (κ2) is 6.24. The summed E-state index contributed by atoms with van der Waals surface area (Å²) in [6.07, 6.45) is 0. The van der Waals surface area contributed by atoms with E-state index in [1.54, 1.807) is 6.92 Å². The van der Waals surface area contributed by atoms with E-state index in [1.165, 1.54) is 13.1 Å². The van der Waals surface area contributed by atoms with Crippen LogP contribution in [0.1, 0.15) is 5.76 Å². The Balaban J connectivity index is 2.05. The maximum Gasteiger partial charge on any atom is 0.243 e. The van der Waals surface area contributed by atoms with Crippen molar-refractivity contribution in [3.8, 4) is 0 Å². The van der Waals surface area contributed by atoms with Gasteiger partial charge in [0, 0.05) is 13.1 Å². The number of aromatic nitrogens is 1. The van der Waals surface area contributed by atoms with Gasteiger partial charge in [-0.2, -0.15) is 4.31 Å². The van der Waals surface area contributed by atoms with Crippen molar-refractivity contribution in [1.29, 1.82) is 0 Å². The summed E-state index contributed by atoms with van der Waals surface area (Å²) in [5, 5.41) is 5.99. The SMILES string of the molecule is Cc1cc(NC(=O)CN(C)S(=O)(=O)c2ccc(F)cc2)no1. The number of benzene rings is 1. The number of hydrogen-bond acceptors (Lipinski definition) is 5. The van der Waals surface area contributed by atoms with Crippen LogP contribution >= 0.6 is 0 Å². The van der Waals surface area contributed by atoms with Crippen LogP contribution in [0, 0.1) is 12.7 Å². The number of carbonyl (C=O) groups excluding carboxylic acids is 1. The minimum atomic E-state index is -3.88. The highest BCUT2D eigenvalue weighted by Crippen LogP contribution is 2.15. The fourth-order valence-electron chi connectivity index (χ4n) is 1.68. The number of hydrogen-bond donors (Lipinski definition) is 1. The van der Waals surface area contributed by atoms with Crippen LogP contribution in [-0.2, 0) is 14.8 Å². The third-order valence-electron chi connectivity index (χ3n) is 2.78. The Hall–Kier alpha value is -2.26. The van der Waals surface area contributed by atoms with E-state index in [2.05, 4.69) is 10.5 Å². The van der Waals surface area contributed by atoms with Crippen LogP contribution in [0.4, 0.5) is 10.2 Å². The standard InChI is InChI=1S/C13H14FN3O4S/c1-9-7-12(16-21-9)15-13(18)8-17(2)22(19,20)11-5-3-10(14)4-6-11/h3-7H,8H2,1-2H3,(H,15,16,18). The van der Waals surface area contributed by atoms with E-state index < -0.39 is 28.3 Å². The van der Waals surface area contributed by atoms with Crippen LogP contribution in [0.2, 0.25) is 0 Å². The first-order valence-electron chi connectivity index (χ1n) is 6.24. The van der Waals surface area contributed by atoms with Crippen LogP contribution in [-0.4, -0.2) is 37.4 Å². The molecule has 1 amide bonds. The smallest absolute Gasteiger partial charge is 0.243 e. The molecule has 1 aromatic heterocycles. The number of sulfonamides is 1. The second-order valence-corrected chi connectivity index (χ2v) is 6.63. The van der Waals surface area contributed by atoms with E-state index in [0.29, 0.717) is 5.76 Å². The zero-order valence-corrected chi connectivity index (χ0v) is 12.7. The molecule has 2 aromatic rings. The largest absolute Gasteiger partial charge is 0.360 e. The minimum Gasteiger partial charge on any atom is -0.360 e. The lowest BCUT2D eigenvalue weighted by Crippen LogP contribution is -2.35. The van der Waals surface area contributed by atoms with E-state index in [4.69, 9.17) is 4.52 Å². The number of nitrogens with one attached hydrogen (secondary N) is 1. The van der Waals surface area contributed by atoms with Gasteiger partial charge in [0.15, 0.2) is 5.82 Å². The molecule has 1 N–H and O–H groups in total. The summed E-state index contributed by atoms with van der Waals surface area (Å²) in [5.41, 5.74) is 0. The van der Waals surface area contributed by atoms with Gasteiger partial charge < -0.3 is 9.84 Å². The Kier molecular flexibility index (Phi) is 4.57. The molecule has 1 heterocycles. The van der Waals surface area contributed by atoms with Gasteiger partial charge in [-0.15, -0.1) is 0 Å². The van der Waals surface area contributed by atoms with E-state index in [-0.39, 0.29) is 10.7 Å². The highest BCUT2D eigenvalue weighted by atomic mass is 32.2. The number of amides is 1. The molecule has 2 rings (SSSR count). The molecule has 22 heavy (non-hydrogen) atoms. The van der Waals surface area contributed by atoms with Crippen molar-refractivity contribution in [3.63, 3.8) is 0 Å². The zero-order valence-electron chi connectivity index (χ0n) is 11.9. The fourth-order valence-corrected chi connectivity index (χ4v) is 2.81. The molecule has 0 saturated heterocycles. The quantitative estimate of drug-likeness (QED) is 0.895. The molecule has 0 atom stereocenters. The summed E-state index contributed by atoms with van der Waals surface area (Å²) in [6, 6.07) is 5.87. The number of nitrogens with zero attached hydrogens (tertiary/aromatic N) is 2. The molecule has 0 radical (unpaired) electrons. The fraction of sp³-hybridized carbons (Fsp3) is 0.231. The molecule has 0 unspecified atom stereocenters. The number of likely N-dealkylation sites (N-methyl/N-ethyl adjacent to an activating group) is 1. The zero-order chi connectivity index (χ0) is 16.3. The summed E-state index contributed by atoms with van der Waals surface area (Å²) in [5.74, 6) is -0.389. The Morgan fingerprint density at radius 2 is 2.00 bits per heavy atom. The number of halogens is 1. The molecule has 0 aliphatic rings. The van der Waals surface area contributed by atoms with Crippen molar-refractivity contribution in [2.75, 3.05) is 18.9 Å². The molecular weight excluding hydrogens is 313 g/mol. The van der Waals surface area contributed by atoms with Crippen molar-refractivity contribution in [2.45, 2.75) is 11.8 Å². The molecule has 0 aliphatic heterocycles. The summed E-state index contributed by atoms with van der Waals surface area (Å²) in [4.78, 5) is 11.7. The van der Waals surface area contributed by atoms with Crippen LogP contribution in [0.5, 0.6) is 0 Å². The van der Waals surface area contributed by atoms with Gasteiger partial charge in [-0.3, -0.25) is 4.79 Å². The van der Waals surface area contributed by atoms with Gasteiger partial charge in [0.25, 0.3) is 0 Å². The highest BCUT2D eigenvalue weighted by Gasteiger charge is 2.23. The Morgan fingerprint density at radius 1 is 1.36 bits per heavy atom. The molecule has 0 aliphatic carbocycles. The van der Waals surface area contributed by atoms with Gasteiger partial charge in [0.2, 0.25) is 15.9 Å². The average molecular weight is 327 g/mol.